The molecule has 0 fully saturated rings. The standard InChI is InChI=1S/C22H22BrNO5S/c1-27-17-5-9-20(28-2)15(13-17)11-12-24-22(25)21-10-6-18(29-21)14-30(26)19-7-3-16(23)4-8-19/h3-10,13H,11-12,14H2,1-2H3,(H,24,25)/t30-/m1/s1. The van der Waals surface area contributed by atoms with Gasteiger partial charge in [0.05, 0.1) is 30.8 Å². The lowest BCUT2D eigenvalue weighted by Gasteiger charge is -2.10. The fraction of sp³-hybridized carbons (Fsp3) is 0.227. The van der Waals surface area contributed by atoms with Crippen molar-refractivity contribution in [1.82, 2.24) is 5.32 Å². The number of hydrogen-bond donors (Lipinski definition) is 1. The van der Waals surface area contributed by atoms with Crippen LogP contribution in [0.1, 0.15) is 21.9 Å². The first-order valence-electron chi connectivity index (χ1n) is 9.22. The second-order valence-electron chi connectivity index (χ2n) is 6.39. The van der Waals surface area contributed by atoms with Crippen molar-refractivity contribution in [2.75, 3.05) is 20.8 Å². The van der Waals surface area contributed by atoms with Gasteiger partial charge in [-0.2, -0.15) is 0 Å². The van der Waals surface area contributed by atoms with Gasteiger partial charge in [0.2, 0.25) is 0 Å². The van der Waals surface area contributed by atoms with E-state index in [0.717, 1.165) is 21.5 Å². The molecule has 0 saturated heterocycles. The van der Waals surface area contributed by atoms with Crippen molar-refractivity contribution >= 4 is 32.6 Å². The molecule has 6 nitrogen and oxygen atoms in total. The molecule has 0 unspecified atom stereocenters. The Bertz CT molecular complexity index is 1030. The van der Waals surface area contributed by atoms with E-state index >= 15 is 0 Å². The minimum atomic E-state index is -1.25. The zero-order valence-corrected chi connectivity index (χ0v) is 19.0. The quantitative estimate of drug-likeness (QED) is 0.481. The topological polar surface area (TPSA) is 77.8 Å². The van der Waals surface area contributed by atoms with Crippen molar-refractivity contribution in [3.05, 3.63) is 76.2 Å². The van der Waals surface area contributed by atoms with Crippen LogP contribution in [0.25, 0.3) is 0 Å². The van der Waals surface area contributed by atoms with Crippen molar-refractivity contribution < 1.29 is 22.9 Å². The lowest BCUT2D eigenvalue weighted by Crippen LogP contribution is -2.25. The highest BCUT2D eigenvalue weighted by Gasteiger charge is 2.14. The minimum absolute atomic E-state index is 0.190. The van der Waals surface area contributed by atoms with Gasteiger partial charge in [-0.05, 0) is 66.6 Å². The van der Waals surface area contributed by atoms with E-state index in [1.807, 2.05) is 30.3 Å². The monoisotopic (exact) mass is 491 g/mol. The van der Waals surface area contributed by atoms with E-state index in [1.54, 1.807) is 38.5 Å². The van der Waals surface area contributed by atoms with E-state index in [9.17, 15) is 9.00 Å². The van der Waals surface area contributed by atoms with Crippen molar-refractivity contribution in [1.29, 1.82) is 0 Å². The number of carbonyl (C=O) groups excluding carboxylic acids is 1. The second kappa shape index (κ2) is 10.4. The molecule has 1 atom stereocenters. The SMILES string of the molecule is COc1ccc(OC)c(CCNC(=O)c2ccc(C[S@@](=O)c3ccc(Br)cc3)o2)c1. The average Bonchev–Trinajstić information content (AvgIpc) is 3.22. The molecule has 0 radical (unpaired) electrons. The van der Waals surface area contributed by atoms with E-state index in [0.29, 0.717) is 23.6 Å². The Kier molecular flexibility index (Phi) is 7.70. The summed E-state index contributed by atoms with van der Waals surface area (Å²) in [6.07, 6.45) is 0.577. The summed E-state index contributed by atoms with van der Waals surface area (Å²) in [4.78, 5) is 13.1. The largest absolute Gasteiger partial charge is 0.497 e. The van der Waals surface area contributed by atoms with Crippen molar-refractivity contribution in [3.8, 4) is 11.5 Å². The van der Waals surface area contributed by atoms with Crippen LogP contribution in [0.4, 0.5) is 0 Å². The molecule has 0 aliphatic rings. The van der Waals surface area contributed by atoms with Crippen molar-refractivity contribution in [2.24, 2.45) is 0 Å². The van der Waals surface area contributed by atoms with Gasteiger partial charge in [0.15, 0.2) is 5.76 Å². The van der Waals surface area contributed by atoms with Gasteiger partial charge in [0.1, 0.15) is 17.3 Å². The molecule has 3 rings (SSSR count). The number of halogens is 1. The molecule has 0 aliphatic carbocycles. The molecule has 1 N–H and O–H groups in total. The van der Waals surface area contributed by atoms with Gasteiger partial charge in [-0.1, -0.05) is 15.9 Å². The third-order valence-electron chi connectivity index (χ3n) is 4.40. The third-order valence-corrected chi connectivity index (χ3v) is 6.28. The van der Waals surface area contributed by atoms with E-state index in [-0.39, 0.29) is 17.4 Å². The van der Waals surface area contributed by atoms with E-state index in [2.05, 4.69) is 21.2 Å². The molecule has 1 aromatic heterocycles. The molecule has 2 aromatic carbocycles. The molecule has 0 bridgehead atoms. The number of hydrogen-bond acceptors (Lipinski definition) is 5. The molecular weight excluding hydrogens is 470 g/mol. The highest BCUT2D eigenvalue weighted by Crippen LogP contribution is 2.24. The number of furan rings is 1. The smallest absolute Gasteiger partial charge is 0.287 e. The minimum Gasteiger partial charge on any atom is -0.497 e. The summed E-state index contributed by atoms with van der Waals surface area (Å²) in [5, 5.41) is 2.83. The highest BCUT2D eigenvalue weighted by atomic mass is 79.9. The second-order valence-corrected chi connectivity index (χ2v) is 8.76. The van der Waals surface area contributed by atoms with Gasteiger partial charge in [0, 0.05) is 15.9 Å². The van der Waals surface area contributed by atoms with Gasteiger partial charge >= 0.3 is 0 Å². The van der Waals surface area contributed by atoms with Crippen LogP contribution in [0.5, 0.6) is 11.5 Å². The maximum absolute atomic E-state index is 12.5. The molecule has 0 spiro atoms. The molecule has 158 valence electrons. The lowest BCUT2D eigenvalue weighted by atomic mass is 10.1. The first-order valence-corrected chi connectivity index (χ1v) is 11.3. The first kappa shape index (κ1) is 22.1. The molecule has 0 saturated carbocycles. The normalized spacial score (nSPS) is 11.7. The summed E-state index contributed by atoms with van der Waals surface area (Å²) in [7, 11) is 1.95. The maximum Gasteiger partial charge on any atom is 0.287 e. The summed E-state index contributed by atoms with van der Waals surface area (Å²) in [6.45, 7) is 0.406. The van der Waals surface area contributed by atoms with Crippen LogP contribution in [0.15, 0.2) is 68.4 Å². The Labute approximate surface area is 186 Å². The van der Waals surface area contributed by atoms with Gasteiger partial charge in [-0.25, -0.2) is 0 Å². The van der Waals surface area contributed by atoms with Crippen LogP contribution >= 0.6 is 15.9 Å². The van der Waals surface area contributed by atoms with E-state index in [1.165, 1.54) is 0 Å². The van der Waals surface area contributed by atoms with Gasteiger partial charge in [-0.3, -0.25) is 9.00 Å². The molecule has 8 heteroatoms. The Morgan fingerprint density at radius 2 is 1.83 bits per heavy atom. The Balaban J connectivity index is 1.55. The zero-order chi connectivity index (χ0) is 21.5. The predicted molar refractivity (Wildman–Crippen MR) is 119 cm³/mol. The third kappa shape index (κ3) is 5.73. The van der Waals surface area contributed by atoms with Crippen molar-refractivity contribution in [2.45, 2.75) is 17.1 Å². The van der Waals surface area contributed by atoms with Gasteiger partial charge < -0.3 is 19.2 Å². The summed E-state index contributed by atoms with van der Waals surface area (Å²) < 4.78 is 29.6. The Morgan fingerprint density at radius 3 is 2.53 bits per heavy atom. The predicted octanol–water partition coefficient (Wildman–Crippen LogP) is 4.34. The van der Waals surface area contributed by atoms with Crippen LogP contribution < -0.4 is 14.8 Å². The summed E-state index contributed by atoms with van der Waals surface area (Å²) >= 11 is 3.36. The Hall–Kier alpha value is -2.58. The molecule has 0 aliphatic heterocycles. The summed E-state index contributed by atoms with van der Waals surface area (Å²) in [5.41, 5.74) is 0.933. The first-order chi connectivity index (χ1) is 14.5. The Morgan fingerprint density at radius 1 is 1.07 bits per heavy atom. The number of nitrogens with one attached hydrogen (secondary N) is 1. The summed E-state index contributed by atoms with van der Waals surface area (Å²) in [6, 6.07) is 16.1. The van der Waals surface area contributed by atoms with E-state index in [4.69, 9.17) is 13.9 Å². The number of rotatable bonds is 9. The van der Waals surface area contributed by atoms with Crippen molar-refractivity contribution in [3.63, 3.8) is 0 Å². The molecular formula is C22H22BrNO5S. The zero-order valence-electron chi connectivity index (χ0n) is 16.6. The molecule has 1 amide bonds. The molecule has 1 heterocycles. The number of amides is 1. The molecule has 30 heavy (non-hydrogen) atoms. The van der Waals surface area contributed by atoms with Gasteiger partial charge in [0.25, 0.3) is 5.91 Å². The van der Waals surface area contributed by atoms with Gasteiger partial charge in [-0.15, -0.1) is 0 Å². The molecule has 3 aromatic rings. The number of carbonyl (C=O) groups is 1. The van der Waals surface area contributed by atoms with Crippen LogP contribution in [0.3, 0.4) is 0 Å². The highest BCUT2D eigenvalue weighted by molar-refractivity contribution is 9.10. The average molecular weight is 492 g/mol. The summed E-state index contributed by atoms with van der Waals surface area (Å²) in [5.74, 6) is 2.03. The fourth-order valence-corrected chi connectivity index (χ4v) is 4.14. The fourth-order valence-electron chi connectivity index (χ4n) is 2.85. The maximum atomic E-state index is 12.5. The number of ether oxygens (including phenoxy) is 2. The lowest BCUT2D eigenvalue weighted by molar-refractivity contribution is 0.0925. The van der Waals surface area contributed by atoms with Crippen LogP contribution in [-0.2, 0) is 23.0 Å². The number of benzene rings is 2. The van der Waals surface area contributed by atoms with Crippen LogP contribution in [0, 0.1) is 0 Å². The van der Waals surface area contributed by atoms with Crippen LogP contribution in [-0.4, -0.2) is 30.9 Å². The van der Waals surface area contributed by atoms with Crippen LogP contribution in [0.2, 0.25) is 0 Å². The number of methoxy groups -OCH3 is 2. The van der Waals surface area contributed by atoms with E-state index < -0.39 is 10.8 Å².